The van der Waals surface area contributed by atoms with E-state index >= 15 is 0 Å². The Bertz CT molecular complexity index is 1140. The van der Waals surface area contributed by atoms with Crippen molar-refractivity contribution in [2.45, 2.75) is 38.3 Å². The molecule has 2 atom stereocenters. The van der Waals surface area contributed by atoms with Crippen molar-refractivity contribution in [1.29, 1.82) is 0 Å². The van der Waals surface area contributed by atoms with Gasteiger partial charge in [0, 0.05) is 4.47 Å². The summed E-state index contributed by atoms with van der Waals surface area (Å²) in [4.78, 5) is 4.91. The highest BCUT2D eigenvalue weighted by atomic mass is 79.9. The number of aromatic nitrogens is 2. The largest absolute Gasteiger partial charge is 0.349 e. The number of nitrogens with zero attached hydrogens (tertiary/aromatic N) is 2. The topological polar surface area (TPSA) is 29.9 Å². The lowest BCUT2D eigenvalue weighted by Crippen LogP contribution is -2.27. The quantitative estimate of drug-likeness (QED) is 0.365. The first-order chi connectivity index (χ1) is 14.1. The summed E-state index contributed by atoms with van der Waals surface area (Å²) in [5, 5.41) is 3.69. The summed E-state index contributed by atoms with van der Waals surface area (Å²) in [6.07, 6.45) is 0.982. The average Bonchev–Trinajstić information content (AvgIpc) is 3.12. The molecule has 146 valence electrons. The third-order valence-electron chi connectivity index (χ3n) is 5.93. The zero-order chi connectivity index (χ0) is 20.0. The highest BCUT2D eigenvalue weighted by Gasteiger charge is 2.30. The van der Waals surface area contributed by atoms with Crippen LogP contribution in [0.4, 0.5) is 5.95 Å². The Kier molecular flexibility index (Phi) is 4.67. The van der Waals surface area contributed by atoms with Crippen molar-refractivity contribution in [3.05, 3.63) is 94.0 Å². The number of hydrogen-bond donors (Lipinski definition) is 1. The monoisotopic (exact) mass is 445 g/mol. The summed E-state index contributed by atoms with van der Waals surface area (Å²) < 4.78 is 3.47. The van der Waals surface area contributed by atoms with Gasteiger partial charge in [0.1, 0.15) is 0 Å². The van der Waals surface area contributed by atoms with Crippen molar-refractivity contribution >= 4 is 32.9 Å². The van der Waals surface area contributed by atoms with Gasteiger partial charge in [-0.05, 0) is 53.3 Å². The molecule has 5 rings (SSSR count). The summed E-state index contributed by atoms with van der Waals surface area (Å²) >= 11 is 3.55. The Morgan fingerprint density at radius 2 is 1.62 bits per heavy atom. The lowest BCUT2D eigenvalue weighted by Gasteiger charge is -2.33. The van der Waals surface area contributed by atoms with Crippen molar-refractivity contribution in [2.24, 2.45) is 0 Å². The highest BCUT2D eigenvalue weighted by Crippen LogP contribution is 2.41. The van der Waals surface area contributed by atoms with E-state index in [1.54, 1.807) is 0 Å². The molecular weight excluding hydrogens is 422 g/mol. The molecule has 1 aliphatic rings. The fourth-order valence-electron chi connectivity index (χ4n) is 4.31. The fourth-order valence-corrected chi connectivity index (χ4v) is 4.57. The molecule has 2 heterocycles. The van der Waals surface area contributed by atoms with Gasteiger partial charge in [-0.15, -0.1) is 0 Å². The number of halogens is 1. The van der Waals surface area contributed by atoms with Crippen LogP contribution in [0, 0.1) is 0 Å². The number of rotatable bonds is 3. The predicted octanol–water partition coefficient (Wildman–Crippen LogP) is 7.07. The van der Waals surface area contributed by atoms with E-state index < -0.39 is 0 Å². The van der Waals surface area contributed by atoms with Gasteiger partial charge in [0.05, 0.1) is 23.1 Å². The second-order valence-corrected chi connectivity index (χ2v) is 9.03. The van der Waals surface area contributed by atoms with Crippen molar-refractivity contribution in [2.75, 3.05) is 5.32 Å². The molecule has 29 heavy (non-hydrogen) atoms. The third kappa shape index (κ3) is 3.36. The van der Waals surface area contributed by atoms with E-state index in [9.17, 15) is 0 Å². The molecule has 1 aliphatic heterocycles. The third-order valence-corrected chi connectivity index (χ3v) is 6.46. The average molecular weight is 446 g/mol. The van der Waals surface area contributed by atoms with Crippen LogP contribution in [0.3, 0.4) is 0 Å². The Morgan fingerprint density at radius 3 is 2.34 bits per heavy atom. The van der Waals surface area contributed by atoms with Crippen LogP contribution in [0.1, 0.15) is 55.0 Å². The van der Waals surface area contributed by atoms with Crippen molar-refractivity contribution in [1.82, 2.24) is 9.55 Å². The Hall–Kier alpha value is -2.59. The van der Waals surface area contributed by atoms with Gasteiger partial charge in [-0.1, -0.05) is 78.3 Å². The van der Waals surface area contributed by atoms with Crippen LogP contribution in [-0.2, 0) is 0 Å². The van der Waals surface area contributed by atoms with Crippen molar-refractivity contribution in [3.63, 3.8) is 0 Å². The lowest BCUT2D eigenvalue weighted by molar-refractivity contribution is 0.477. The Balaban J connectivity index is 1.62. The lowest BCUT2D eigenvalue weighted by atomic mass is 9.91. The van der Waals surface area contributed by atoms with Gasteiger partial charge in [-0.25, -0.2) is 4.98 Å². The van der Waals surface area contributed by atoms with Gasteiger partial charge in [0.2, 0.25) is 5.95 Å². The first-order valence-electron chi connectivity index (χ1n) is 10.2. The van der Waals surface area contributed by atoms with E-state index in [2.05, 4.69) is 112 Å². The molecule has 2 unspecified atom stereocenters. The number of hydrogen-bond acceptors (Lipinski definition) is 2. The van der Waals surface area contributed by atoms with E-state index in [1.165, 1.54) is 22.2 Å². The standard InChI is InChI=1S/C25H24BrN3/c1-16(2)17-7-9-19(10-8-17)24-15-22(18-11-13-20(26)14-12-18)28-25-27-21-5-3-4-6-23(21)29(24)25/h3-14,16,22,24H,15H2,1-2H3,(H,27,28). The molecule has 0 radical (unpaired) electrons. The molecule has 0 bridgehead atoms. The van der Waals surface area contributed by atoms with Crippen LogP contribution < -0.4 is 5.32 Å². The van der Waals surface area contributed by atoms with E-state index in [0.717, 1.165) is 22.4 Å². The maximum absolute atomic E-state index is 4.91. The van der Waals surface area contributed by atoms with Crippen LogP contribution in [0.15, 0.2) is 77.3 Å². The summed E-state index contributed by atoms with van der Waals surface area (Å²) in [6, 6.07) is 26.6. The first-order valence-corrected chi connectivity index (χ1v) is 11.0. The highest BCUT2D eigenvalue weighted by molar-refractivity contribution is 9.10. The van der Waals surface area contributed by atoms with E-state index in [-0.39, 0.29) is 12.1 Å². The minimum atomic E-state index is 0.224. The molecule has 4 heteroatoms. The van der Waals surface area contributed by atoms with E-state index in [1.807, 2.05) is 0 Å². The molecule has 1 N–H and O–H groups in total. The van der Waals surface area contributed by atoms with E-state index in [0.29, 0.717) is 5.92 Å². The second-order valence-electron chi connectivity index (χ2n) is 8.12. The SMILES string of the molecule is CC(C)c1ccc(C2CC(c3ccc(Br)cc3)Nc3nc4ccccc4n32)cc1. The number of imidazole rings is 1. The fraction of sp³-hybridized carbons (Fsp3) is 0.240. The van der Waals surface area contributed by atoms with Crippen molar-refractivity contribution in [3.8, 4) is 0 Å². The Morgan fingerprint density at radius 1 is 0.931 bits per heavy atom. The molecule has 3 nitrogen and oxygen atoms in total. The first kappa shape index (κ1) is 18.4. The number of anilines is 1. The Labute approximate surface area is 179 Å². The van der Waals surface area contributed by atoms with Crippen LogP contribution in [0.5, 0.6) is 0 Å². The van der Waals surface area contributed by atoms with Crippen LogP contribution in [0.2, 0.25) is 0 Å². The summed E-state index contributed by atoms with van der Waals surface area (Å²) in [7, 11) is 0. The van der Waals surface area contributed by atoms with Gasteiger partial charge in [0.25, 0.3) is 0 Å². The molecule has 4 aromatic rings. The summed E-state index contributed by atoms with van der Waals surface area (Å²) in [5.41, 5.74) is 6.22. The van der Waals surface area contributed by atoms with E-state index in [4.69, 9.17) is 4.98 Å². The molecule has 0 saturated heterocycles. The smallest absolute Gasteiger partial charge is 0.204 e. The van der Waals surface area contributed by atoms with Gasteiger partial charge >= 0.3 is 0 Å². The maximum atomic E-state index is 4.91. The number of fused-ring (bicyclic) bond motifs is 3. The minimum absolute atomic E-state index is 0.224. The van der Waals surface area contributed by atoms with Gasteiger partial charge in [-0.2, -0.15) is 0 Å². The molecule has 0 amide bonds. The van der Waals surface area contributed by atoms with Crippen LogP contribution >= 0.6 is 15.9 Å². The molecule has 3 aromatic carbocycles. The second kappa shape index (κ2) is 7.34. The molecule has 0 spiro atoms. The van der Waals surface area contributed by atoms with Gasteiger partial charge in [-0.3, -0.25) is 0 Å². The molecular formula is C25H24BrN3. The normalized spacial score (nSPS) is 18.6. The summed E-state index contributed by atoms with van der Waals surface area (Å²) in [6.45, 7) is 4.48. The molecule has 0 fully saturated rings. The zero-order valence-electron chi connectivity index (χ0n) is 16.6. The number of nitrogens with one attached hydrogen (secondary N) is 1. The molecule has 1 aromatic heterocycles. The van der Waals surface area contributed by atoms with Gasteiger partial charge in [0.15, 0.2) is 0 Å². The van der Waals surface area contributed by atoms with Gasteiger partial charge < -0.3 is 9.88 Å². The van der Waals surface area contributed by atoms with Crippen molar-refractivity contribution < 1.29 is 0 Å². The predicted molar refractivity (Wildman–Crippen MR) is 124 cm³/mol. The molecule has 0 saturated carbocycles. The number of para-hydroxylation sites is 2. The maximum Gasteiger partial charge on any atom is 0.204 e. The molecule has 0 aliphatic carbocycles. The zero-order valence-corrected chi connectivity index (χ0v) is 18.2. The van der Waals surface area contributed by atoms with Crippen LogP contribution in [0.25, 0.3) is 11.0 Å². The van der Waals surface area contributed by atoms with Crippen LogP contribution in [-0.4, -0.2) is 9.55 Å². The summed E-state index contributed by atoms with van der Waals surface area (Å²) in [5.74, 6) is 1.49. The number of benzene rings is 3. The minimum Gasteiger partial charge on any atom is -0.349 e.